The van der Waals surface area contributed by atoms with Crippen LogP contribution in [-0.2, 0) is 18.3 Å². The average molecular weight is 298 g/mol. The van der Waals surface area contributed by atoms with Crippen LogP contribution in [0.25, 0.3) is 11.2 Å². The maximum atomic E-state index is 11.9. The number of amides is 1. The molecule has 2 heterocycles. The molecule has 0 aliphatic heterocycles. The minimum absolute atomic E-state index is 0.0641. The molecule has 2 N–H and O–H groups in total. The van der Waals surface area contributed by atoms with Crippen LogP contribution < -0.4 is 5.73 Å². The third-order valence-electron chi connectivity index (χ3n) is 3.43. The first-order valence-corrected chi connectivity index (χ1v) is 7.17. The van der Waals surface area contributed by atoms with Gasteiger partial charge in [-0.15, -0.1) is 11.6 Å². The van der Waals surface area contributed by atoms with Crippen LogP contribution in [0.4, 0.5) is 0 Å². The monoisotopic (exact) mass is 297 g/mol. The molecule has 0 aliphatic rings. The van der Waals surface area contributed by atoms with Crippen LogP contribution in [0, 0.1) is 12.8 Å². The number of nitrogens with two attached hydrogens (primary N) is 1. The molecule has 0 bridgehead atoms. The van der Waals surface area contributed by atoms with Crippen molar-refractivity contribution in [2.75, 3.05) is 5.88 Å². The van der Waals surface area contributed by atoms with E-state index in [1.54, 1.807) is 4.68 Å². The Hall–Kier alpha value is -1.56. The summed E-state index contributed by atoms with van der Waals surface area (Å²) >= 11 is 5.85. The van der Waals surface area contributed by atoms with Crippen molar-refractivity contribution in [3.05, 3.63) is 11.5 Å². The van der Waals surface area contributed by atoms with Crippen LogP contribution in [0.1, 0.15) is 31.4 Å². The molecule has 0 spiro atoms. The molecule has 1 atom stereocenters. The minimum Gasteiger partial charge on any atom is -0.368 e. The summed E-state index contributed by atoms with van der Waals surface area (Å²) in [5, 5.41) is 4.36. The lowest BCUT2D eigenvalue weighted by Gasteiger charge is -2.22. The number of rotatable bonds is 5. The highest BCUT2D eigenvalue weighted by Gasteiger charge is 2.28. The molecule has 0 aromatic carbocycles. The van der Waals surface area contributed by atoms with Crippen LogP contribution >= 0.6 is 11.6 Å². The Kier molecular flexibility index (Phi) is 4.04. The molecule has 1 unspecified atom stereocenters. The van der Waals surface area contributed by atoms with Gasteiger partial charge in [-0.1, -0.05) is 13.8 Å². The highest BCUT2D eigenvalue weighted by Crippen LogP contribution is 2.27. The number of imidazole rings is 1. The van der Waals surface area contributed by atoms with Gasteiger partial charge in [0.05, 0.1) is 5.69 Å². The van der Waals surface area contributed by atoms with Gasteiger partial charge in [-0.05, 0) is 12.8 Å². The van der Waals surface area contributed by atoms with Gasteiger partial charge in [0, 0.05) is 19.3 Å². The van der Waals surface area contributed by atoms with Crippen LogP contribution in [-0.4, -0.2) is 31.1 Å². The van der Waals surface area contributed by atoms with E-state index in [0.29, 0.717) is 12.3 Å². The van der Waals surface area contributed by atoms with Crippen molar-refractivity contribution in [3.8, 4) is 0 Å². The maximum Gasteiger partial charge on any atom is 0.240 e. The first kappa shape index (κ1) is 14.8. The van der Waals surface area contributed by atoms with Gasteiger partial charge < -0.3 is 5.73 Å². The fourth-order valence-electron chi connectivity index (χ4n) is 2.65. The van der Waals surface area contributed by atoms with Crippen molar-refractivity contribution < 1.29 is 4.79 Å². The summed E-state index contributed by atoms with van der Waals surface area (Å²) in [5.41, 5.74) is 8.05. The second kappa shape index (κ2) is 5.44. The van der Waals surface area contributed by atoms with Crippen molar-refractivity contribution in [2.45, 2.75) is 33.2 Å². The average Bonchev–Trinajstić information content (AvgIpc) is 2.80. The predicted molar refractivity (Wildman–Crippen MR) is 78.7 cm³/mol. The van der Waals surface area contributed by atoms with E-state index in [2.05, 4.69) is 10.1 Å². The normalized spacial score (nSPS) is 13.3. The Balaban J connectivity index is 2.75. The number of nitrogens with zero attached hydrogens (tertiary/aromatic N) is 4. The molecule has 20 heavy (non-hydrogen) atoms. The number of hydrogen-bond donors (Lipinski definition) is 1. The van der Waals surface area contributed by atoms with Crippen molar-refractivity contribution in [1.82, 2.24) is 19.3 Å². The Morgan fingerprint density at radius 3 is 2.60 bits per heavy atom. The van der Waals surface area contributed by atoms with E-state index in [0.717, 1.165) is 22.7 Å². The molecular formula is C13H20ClN5O. The van der Waals surface area contributed by atoms with E-state index in [1.165, 1.54) is 0 Å². The minimum atomic E-state index is -0.451. The van der Waals surface area contributed by atoms with Gasteiger partial charge in [0.25, 0.3) is 0 Å². The van der Waals surface area contributed by atoms with Gasteiger partial charge in [0.15, 0.2) is 5.65 Å². The third-order valence-corrected chi connectivity index (χ3v) is 3.62. The lowest BCUT2D eigenvalue weighted by molar-refractivity contribution is -0.122. The zero-order valence-electron chi connectivity index (χ0n) is 12.2. The summed E-state index contributed by atoms with van der Waals surface area (Å²) in [4.78, 5) is 16.5. The van der Waals surface area contributed by atoms with Gasteiger partial charge in [0.2, 0.25) is 5.91 Å². The van der Waals surface area contributed by atoms with E-state index in [4.69, 9.17) is 17.3 Å². The van der Waals surface area contributed by atoms with Gasteiger partial charge in [0.1, 0.15) is 17.4 Å². The van der Waals surface area contributed by atoms with Gasteiger partial charge >= 0.3 is 0 Å². The quantitative estimate of drug-likeness (QED) is 0.850. The first-order valence-electron chi connectivity index (χ1n) is 6.64. The summed E-state index contributed by atoms with van der Waals surface area (Å²) in [6.07, 6.45) is 0.589. The highest BCUT2D eigenvalue weighted by atomic mass is 35.5. The number of aryl methyl sites for hydroxylation is 3. The zero-order chi connectivity index (χ0) is 15.0. The van der Waals surface area contributed by atoms with Gasteiger partial charge in [-0.25, -0.2) is 4.98 Å². The van der Waals surface area contributed by atoms with E-state index >= 15 is 0 Å². The summed E-state index contributed by atoms with van der Waals surface area (Å²) in [7, 11) is 1.84. The Bertz CT molecular complexity index is 643. The van der Waals surface area contributed by atoms with E-state index in [-0.39, 0.29) is 11.8 Å². The van der Waals surface area contributed by atoms with Gasteiger partial charge in [-0.2, -0.15) is 5.10 Å². The molecule has 7 heteroatoms. The number of alkyl halides is 1. The molecule has 0 saturated heterocycles. The summed E-state index contributed by atoms with van der Waals surface area (Å²) < 4.78 is 3.64. The smallest absolute Gasteiger partial charge is 0.240 e. The van der Waals surface area contributed by atoms with E-state index in [9.17, 15) is 4.79 Å². The number of halogens is 1. The van der Waals surface area contributed by atoms with Crippen molar-refractivity contribution in [3.63, 3.8) is 0 Å². The molecule has 6 nitrogen and oxygen atoms in total. The van der Waals surface area contributed by atoms with E-state index in [1.807, 2.05) is 32.4 Å². The fourth-order valence-corrected chi connectivity index (χ4v) is 2.82. The maximum absolute atomic E-state index is 11.9. The second-order valence-electron chi connectivity index (χ2n) is 5.31. The summed E-state index contributed by atoms with van der Waals surface area (Å²) in [5.74, 6) is 0.922. The molecule has 1 amide bonds. The van der Waals surface area contributed by atoms with Crippen LogP contribution in [0.15, 0.2) is 0 Å². The van der Waals surface area contributed by atoms with Gasteiger partial charge in [-0.3, -0.25) is 14.0 Å². The zero-order valence-corrected chi connectivity index (χ0v) is 13.0. The Morgan fingerprint density at radius 1 is 1.45 bits per heavy atom. The van der Waals surface area contributed by atoms with Crippen molar-refractivity contribution in [1.29, 1.82) is 0 Å². The number of carbonyl (C=O) groups excluding carboxylic acids is 1. The molecule has 2 aromatic rings. The molecule has 110 valence electrons. The summed E-state index contributed by atoms with van der Waals surface area (Å²) in [6, 6.07) is -0.451. The predicted octanol–water partition coefficient (Wildman–Crippen LogP) is 1.54. The second-order valence-corrected chi connectivity index (χ2v) is 5.69. The van der Waals surface area contributed by atoms with Crippen molar-refractivity contribution >= 4 is 28.7 Å². The number of primary amides is 1. The lowest BCUT2D eigenvalue weighted by Crippen LogP contribution is -2.32. The number of carbonyl (C=O) groups is 1. The molecule has 2 rings (SSSR count). The summed E-state index contributed by atoms with van der Waals surface area (Å²) in [6.45, 7) is 5.84. The molecule has 0 aliphatic carbocycles. The Morgan fingerprint density at radius 2 is 2.10 bits per heavy atom. The van der Waals surface area contributed by atoms with E-state index < -0.39 is 6.04 Å². The lowest BCUT2D eigenvalue weighted by atomic mass is 10.0. The Labute approximate surface area is 122 Å². The molecule has 0 saturated carbocycles. The molecule has 0 fully saturated rings. The third kappa shape index (κ3) is 2.28. The molecule has 0 radical (unpaired) electrons. The molecule has 2 aromatic heterocycles. The number of aromatic nitrogens is 4. The van der Waals surface area contributed by atoms with Crippen LogP contribution in [0.2, 0.25) is 0 Å². The number of hydrogen-bond acceptors (Lipinski definition) is 3. The first-order chi connectivity index (χ1) is 9.38. The fraction of sp³-hybridized carbons (Fsp3) is 0.615. The topological polar surface area (TPSA) is 78.7 Å². The number of fused-ring (bicyclic) bond motifs is 1. The highest BCUT2D eigenvalue weighted by molar-refractivity contribution is 6.17. The van der Waals surface area contributed by atoms with Crippen LogP contribution in [0.3, 0.4) is 0 Å². The molecular weight excluding hydrogens is 278 g/mol. The SMILES string of the molecule is Cc1nn(C)c2c1nc(CCCl)n2C(C(N)=O)C(C)C. The largest absolute Gasteiger partial charge is 0.368 e. The van der Waals surface area contributed by atoms with Crippen LogP contribution in [0.5, 0.6) is 0 Å². The standard InChI is InChI=1S/C13H20ClN5O/c1-7(2)11(12(15)20)19-9(5-6-14)16-10-8(3)17-18(4)13(10)19/h7,11H,5-6H2,1-4H3,(H2,15,20). The van der Waals surface area contributed by atoms with Crippen molar-refractivity contribution in [2.24, 2.45) is 18.7 Å².